The topological polar surface area (TPSA) is 37.3 Å². The van der Waals surface area contributed by atoms with E-state index in [1.54, 1.807) is 0 Å². The summed E-state index contributed by atoms with van der Waals surface area (Å²) in [6, 6.07) is 0. The van der Waals surface area contributed by atoms with Gasteiger partial charge >= 0.3 is 0 Å². The van der Waals surface area contributed by atoms with E-state index in [2.05, 4.69) is 71.6 Å². The predicted octanol–water partition coefficient (Wildman–Crippen LogP) is 11.0. The van der Waals surface area contributed by atoms with E-state index in [1.807, 2.05) is 0 Å². The summed E-state index contributed by atoms with van der Waals surface area (Å²) in [6.45, 7) is 19.6. The molecular weight excluding hydrogens is 454 g/mol. The number of unbranched alkanes of at least 4 members (excludes halogenated alkanes) is 11. The number of rotatable bonds is 18. The molecule has 0 radical (unpaired) electrons. The van der Waals surface area contributed by atoms with Gasteiger partial charge in [0.2, 0.25) is 7.37 Å². The molecule has 34 heavy (non-hydrogen) atoms. The molecule has 3 unspecified atom stereocenters. The molecule has 0 heterocycles. The van der Waals surface area contributed by atoms with Gasteiger partial charge in [0.1, 0.15) is 0 Å². The summed E-state index contributed by atoms with van der Waals surface area (Å²) in [7, 11) is -0.162. The Hall–Kier alpha value is 0.620. The van der Waals surface area contributed by atoms with Crippen molar-refractivity contribution < 1.29 is 9.46 Å². The van der Waals surface area contributed by atoms with Crippen LogP contribution in [0.3, 0.4) is 0 Å². The molecule has 0 spiro atoms. The highest BCUT2D eigenvalue weighted by Gasteiger charge is 2.28. The zero-order valence-electron chi connectivity index (χ0n) is 25.1. The van der Waals surface area contributed by atoms with Gasteiger partial charge < -0.3 is 4.89 Å². The van der Waals surface area contributed by atoms with Crippen LogP contribution in [-0.2, 0) is 4.57 Å². The van der Waals surface area contributed by atoms with Gasteiger partial charge in [-0.3, -0.25) is 4.57 Å². The minimum Gasteiger partial charge on any atom is -0.344 e. The van der Waals surface area contributed by atoms with Crippen molar-refractivity contribution in [3.05, 3.63) is 0 Å². The third kappa shape index (κ3) is 30.7. The van der Waals surface area contributed by atoms with E-state index >= 15 is 0 Å². The lowest BCUT2D eigenvalue weighted by atomic mass is 9.86. The van der Waals surface area contributed by atoms with Gasteiger partial charge in [-0.05, 0) is 48.1 Å². The first-order valence-electron chi connectivity index (χ1n) is 14.6. The molecule has 0 bridgehead atoms. The molecule has 4 heteroatoms. The van der Waals surface area contributed by atoms with Crippen molar-refractivity contribution in [2.75, 3.05) is 18.5 Å². The third-order valence-electron chi connectivity index (χ3n) is 6.17. The molecular formula is C30H66O2P2. The molecule has 0 aromatic rings. The highest BCUT2D eigenvalue weighted by atomic mass is 31.2. The van der Waals surface area contributed by atoms with Gasteiger partial charge in [0, 0.05) is 12.3 Å². The van der Waals surface area contributed by atoms with Crippen molar-refractivity contribution in [2.24, 2.45) is 22.7 Å². The maximum atomic E-state index is 12.4. The highest BCUT2D eigenvalue weighted by Crippen LogP contribution is 2.47. The largest absolute Gasteiger partial charge is 0.344 e. The van der Waals surface area contributed by atoms with Crippen LogP contribution in [0.15, 0.2) is 0 Å². The maximum Gasteiger partial charge on any atom is 0.201 e. The van der Waals surface area contributed by atoms with Crippen molar-refractivity contribution in [1.82, 2.24) is 0 Å². The third-order valence-corrected chi connectivity index (χ3v) is 8.97. The molecule has 3 atom stereocenters. The molecule has 0 aromatic carbocycles. The maximum absolute atomic E-state index is 12.4. The lowest BCUT2D eigenvalue weighted by molar-refractivity contribution is 0.309. The van der Waals surface area contributed by atoms with E-state index in [9.17, 15) is 9.46 Å². The second kappa shape index (κ2) is 20.7. The van der Waals surface area contributed by atoms with Crippen LogP contribution in [0.1, 0.15) is 152 Å². The number of hydrogen-bond acceptors (Lipinski definition) is 1. The van der Waals surface area contributed by atoms with Crippen molar-refractivity contribution >= 4 is 16.6 Å². The van der Waals surface area contributed by atoms with Gasteiger partial charge in [0.05, 0.1) is 0 Å². The Labute approximate surface area is 219 Å². The Morgan fingerprint density at radius 3 is 1.21 bits per heavy atom. The zero-order valence-corrected chi connectivity index (χ0v) is 27.1. The summed E-state index contributed by atoms with van der Waals surface area (Å²) < 4.78 is 12.4. The molecule has 0 aromatic heterocycles. The molecule has 0 aliphatic carbocycles. The average molecular weight is 521 g/mol. The molecule has 0 fully saturated rings. The molecule has 0 aliphatic heterocycles. The lowest BCUT2D eigenvalue weighted by Crippen LogP contribution is -2.18. The van der Waals surface area contributed by atoms with E-state index < -0.39 is 7.37 Å². The van der Waals surface area contributed by atoms with Gasteiger partial charge in [-0.1, -0.05) is 133 Å². The average Bonchev–Trinajstić information content (AvgIpc) is 2.62. The van der Waals surface area contributed by atoms with E-state index in [0.29, 0.717) is 24.2 Å². The van der Waals surface area contributed by atoms with Crippen LogP contribution in [0.4, 0.5) is 0 Å². The fraction of sp³-hybridized carbons (Fsp3) is 1.00. The van der Waals surface area contributed by atoms with Crippen molar-refractivity contribution in [2.45, 2.75) is 152 Å². The fourth-order valence-corrected chi connectivity index (χ4v) is 7.90. The van der Waals surface area contributed by atoms with Gasteiger partial charge in [0.15, 0.2) is 0 Å². The zero-order chi connectivity index (χ0) is 26.7. The van der Waals surface area contributed by atoms with Crippen LogP contribution in [-0.4, -0.2) is 23.4 Å². The SMILES string of the molecule is CC(CC(C)(C)C)CP(=O)(O)CC(C)CC(C)(C)C.CCCCCCCCCCCCCCP. The first kappa shape index (κ1) is 36.8. The minimum absolute atomic E-state index is 0.233. The summed E-state index contributed by atoms with van der Waals surface area (Å²) in [6.07, 6.45) is 21.7. The molecule has 0 saturated carbocycles. The normalized spacial score (nSPS) is 15.9. The first-order chi connectivity index (χ1) is 15.6. The van der Waals surface area contributed by atoms with Crippen molar-refractivity contribution in [1.29, 1.82) is 0 Å². The predicted molar refractivity (Wildman–Crippen MR) is 162 cm³/mol. The highest BCUT2D eigenvalue weighted by molar-refractivity contribution is 7.58. The van der Waals surface area contributed by atoms with Crippen molar-refractivity contribution in [3.63, 3.8) is 0 Å². The van der Waals surface area contributed by atoms with Gasteiger partial charge in [-0.2, -0.15) is 0 Å². The summed E-state index contributed by atoms with van der Waals surface area (Å²) in [5, 5.41) is 0. The van der Waals surface area contributed by atoms with E-state index in [4.69, 9.17) is 0 Å². The summed E-state index contributed by atoms with van der Waals surface area (Å²) >= 11 is 0. The lowest BCUT2D eigenvalue weighted by Gasteiger charge is -2.27. The molecule has 208 valence electrons. The molecule has 0 rings (SSSR count). The van der Waals surface area contributed by atoms with Crippen LogP contribution in [0.5, 0.6) is 0 Å². The smallest absolute Gasteiger partial charge is 0.201 e. The Morgan fingerprint density at radius 1 is 0.647 bits per heavy atom. The molecule has 0 aliphatic rings. The van der Waals surface area contributed by atoms with Crippen LogP contribution in [0.2, 0.25) is 0 Å². The molecule has 2 nitrogen and oxygen atoms in total. The second-order valence-electron chi connectivity index (χ2n) is 13.6. The monoisotopic (exact) mass is 520 g/mol. The van der Waals surface area contributed by atoms with Crippen LogP contribution in [0.25, 0.3) is 0 Å². The number of hydrogen-bond donors (Lipinski definition) is 1. The van der Waals surface area contributed by atoms with Crippen LogP contribution in [0, 0.1) is 22.7 Å². The van der Waals surface area contributed by atoms with Gasteiger partial charge in [-0.25, -0.2) is 0 Å². The molecule has 0 saturated heterocycles. The summed E-state index contributed by atoms with van der Waals surface area (Å²) in [4.78, 5) is 10.2. The van der Waals surface area contributed by atoms with Gasteiger partial charge in [-0.15, -0.1) is 9.24 Å². The summed E-state index contributed by atoms with van der Waals surface area (Å²) in [5.74, 6) is 0.635. The van der Waals surface area contributed by atoms with E-state index in [0.717, 1.165) is 12.8 Å². The van der Waals surface area contributed by atoms with Crippen LogP contribution >= 0.6 is 16.6 Å². The standard InChI is InChI=1S/C16H35O2P.C14H31P/c1-13(9-15(3,4)5)11-19(17,18)12-14(2)10-16(6,7)8;1-2-3-4-5-6-7-8-9-10-11-12-13-14-15/h13-14H,9-12H2,1-8H3,(H,17,18);2-15H2,1H3. The molecule has 1 N–H and O–H groups in total. The van der Waals surface area contributed by atoms with E-state index in [1.165, 1.54) is 83.2 Å². The Kier molecular flexibility index (Phi) is 22.3. The summed E-state index contributed by atoms with van der Waals surface area (Å²) in [5.41, 5.74) is 0.465. The minimum atomic E-state index is -2.98. The fourth-order valence-electron chi connectivity index (χ4n) is 5.25. The molecule has 0 amide bonds. The van der Waals surface area contributed by atoms with Crippen molar-refractivity contribution in [3.8, 4) is 0 Å². The van der Waals surface area contributed by atoms with Crippen LogP contribution < -0.4 is 0 Å². The Bertz CT molecular complexity index is 451. The van der Waals surface area contributed by atoms with E-state index in [-0.39, 0.29) is 10.8 Å². The van der Waals surface area contributed by atoms with Gasteiger partial charge in [0.25, 0.3) is 0 Å². The first-order valence-corrected chi connectivity index (χ1v) is 17.5. The quantitative estimate of drug-likeness (QED) is 0.144. The second-order valence-corrected chi connectivity index (χ2v) is 16.6. The Morgan fingerprint density at radius 2 is 0.941 bits per heavy atom. The Balaban J connectivity index is 0.